The van der Waals surface area contributed by atoms with Crippen LogP contribution in [0.5, 0.6) is 0 Å². The summed E-state index contributed by atoms with van der Waals surface area (Å²) in [5, 5.41) is 11.1. The van der Waals surface area contributed by atoms with Crippen molar-refractivity contribution >= 4 is 22.4 Å². The molecule has 1 aliphatic carbocycles. The fourth-order valence-corrected chi connectivity index (χ4v) is 3.28. The number of rotatable bonds is 8. The second-order valence-electron chi connectivity index (χ2n) is 5.64. The Balaban J connectivity index is 2.03. The molecule has 0 radical (unpaired) electrons. The summed E-state index contributed by atoms with van der Waals surface area (Å²) in [6.45, 7) is 0.459. The van der Waals surface area contributed by atoms with Crippen LogP contribution in [0.15, 0.2) is 5.38 Å². The lowest BCUT2D eigenvalue weighted by molar-refractivity contribution is -0.147. The van der Waals surface area contributed by atoms with E-state index < -0.39 is 12.7 Å². The van der Waals surface area contributed by atoms with Crippen molar-refractivity contribution in [2.45, 2.75) is 44.9 Å². The van der Waals surface area contributed by atoms with Crippen LogP contribution in [-0.2, 0) is 11.3 Å². The molecule has 1 amide bonds. The highest BCUT2D eigenvalue weighted by Gasteiger charge is 2.34. The lowest BCUT2D eigenvalue weighted by Gasteiger charge is -2.22. The molecule has 0 aliphatic heterocycles. The minimum atomic E-state index is -4.30. The Hall–Kier alpha value is -1.19. The number of anilines is 1. The van der Waals surface area contributed by atoms with Crippen LogP contribution in [0.1, 0.15) is 31.9 Å². The first-order valence-electron chi connectivity index (χ1n) is 7.44. The molecule has 0 bridgehead atoms. The van der Waals surface area contributed by atoms with Gasteiger partial charge in [0.25, 0.3) is 0 Å². The lowest BCUT2D eigenvalue weighted by atomic mass is 10.3. The van der Waals surface area contributed by atoms with Gasteiger partial charge in [0.1, 0.15) is 0 Å². The molecule has 0 spiro atoms. The molecule has 0 saturated heterocycles. The molecule has 130 valence electrons. The van der Waals surface area contributed by atoms with Gasteiger partial charge in [0, 0.05) is 38.0 Å². The van der Waals surface area contributed by atoms with Crippen LogP contribution >= 0.6 is 11.3 Å². The van der Waals surface area contributed by atoms with Gasteiger partial charge >= 0.3 is 6.18 Å². The summed E-state index contributed by atoms with van der Waals surface area (Å²) in [7, 11) is 0. The molecule has 23 heavy (non-hydrogen) atoms. The number of hydrogen-bond donors (Lipinski definition) is 1. The van der Waals surface area contributed by atoms with E-state index in [1.54, 1.807) is 10.3 Å². The zero-order valence-electron chi connectivity index (χ0n) is 12.8. The maximum atomic E-state index is 12.6. The largest absolute Gasteiger partial charge is 0.401 e. The molecule has 2 rings (SSSR count). The molecule has 0 unspecified atom stereocenters. The zero-order valence-corrected chi connectivity index (χ0v) is 13.7. The molecule has 1 fully saturated rings. The van der Waals surface area contributed by atoms with E-state index in [2.05, 4.69) is 4.98 Å². The van der Waals surface area contributed by atoms with E-state index in [9.17, 15) is 18.0 Å². The molecule has 1 heterocycles. The standard InChI is InChI=1S/C14H20F3N3O2S/c1-10(22)20(12-3-4-12)13-18-11(8-23-13)7-19(5-2-6-21)9-14(15,16)17/h8,12,21H,2-7,9H2,1H3. The molecule has 1 saturated carbocycles. The van der Waals surface area contributed by atoms with E-state index in [4.69, 9.17) is 5.11 Å². The number of carbonyl (C=O) groups is 1. The Kier molecular flexibility index (Phi) is 5.99. The molecule has 1 aliphatic rings. The van der Waals surface area contributed by atoms with Crippen LogP contribution in [-0.4, -0.2) is 52.8 Å². The van der Waals surface area contributed by atoms with Crippen LogP contribution < -0.4 is 4.90 Å². The summed E-state index contributed by atoms with van der Waals surface area (Å²) in [6, 6.07) is 0.173. The average molecular weight is 351 g/mol. The van der Waals surface area contributed by atoms with Gasteiger partial charge in [-0.15, -0.1) is 11.3 Å². The lowest BCUT2D eigenvalue weighted by Crippen LogP contribution is -2.35. The number of carbonyl (C=O) groups excluding carboxylic acids is 1. The smallest absolute Gasteiger partial charge is 0.396 e. The SMILES string of the molecule is CC(=O)N(c1nc(CN(CCCO)CC(F)(F)F)cs1)C1CC1. The van der Waals surface area contributed by atoms with Crippen molar-refractivity contribution in [3.63, 3.8) is 0 Å². The molecule has 0 atom stereocenters. The van der Waals surface area contributed by atoms with E-state index in [0.29, 0.717) is 10.8 Å². The maximum absolute atomic E-state index is 12.6. The Morgan fingerprint density at radius 3 is 2.70 bits per heavy atom. The Labute approximate surface area is 136 Å². The molecule has 9 heteroatoms. The first-order chi connectivity index (χ1) is 10.8. The minimum Gasteiger partial charge on any atom is -0.396 e. The summed E-state index contributed by atoms with van der Waals surface area (Å²) in [4.78, 5) is 18.8. The van der Waals surface area contributed by atoms with Crippen LogP contribution in [0.3, 0.4) is 0 Å². The number of aliphatic hydroxyl groups excluding tert-OH is 1. The fraction of sp³-hybridized carbons (Fsp3) is 0.714. The number of nitrogens with zero attached hydrogens (tertiary/aromatic N) is 3. The van der Waals surface area contributed by atoms with Gasteiger partial charge < -0.3 is 5.11 Å². The van der Waals surface area contributed by atoms with E-state index >= 15 is 0 Å². The van der Waals surface area contributed by atoms with Gasteiger partial charge in [-0.1, -0.05) is 0 Å². The van der Waals surface area contributed by atoms with E-state index in [0.717, 1.165) is 12.8 Å². The maximum Gasteiger partial charge on any atom is 0.401 e. The Morgan fingerprint density at radius 2 is 2.17 bits per heavy atom. The van der Waals surface area contributed by atoms with Crippen molar-refractivity contribution in [1.82, 2.24) is 9.88 Å². The second-order valence-corrected chi connectivity index (χ2v) is 6.48. The van der Waals surface area contributed by atoms with Gasteiger partial charge in [-0.2, -0.15) is 13.2 Å². The van der Waals surface area contributed by atoms with Gasteiger partial charge in [0.05, 0.1) is 12.2 Å². The van der Waals surface area contributed by atoms with Crippen molar-refractivity contribution in [2.75, 3.05) is 24.6 Å². The molecule has 1 aromatic heterocycles. The highest BCUT2D eigenvalue weighted by molar-refractivity contribution is 7.14. The number of aliphatic hydroxyl groups is 1. The fourth-order valence-electron chi connectivity index (χ4n) is 2.35. The average Bonchev–Trinajstić information content (AvgIpc) is 3.14. The van der Waals surface area contributed by atoms with E-state index in [1.807, 2.05) is 0 Å². The van der Waals surface area contributed by atoms with Crippen molar-refractivity contribution in [2.24, 2.45) is 0 Å². The number of hydrogen-bond acceptors (Lipinski definition) is 5. The predicted octanol–water partition coefficient (Wildman–Crippen LogP) is 2.41. The van der Waals surface area contributed by atoms with Crippen LogP contribution in [0.4, 0.5) is 18.3 Å². The highest BCUT2D eigenvalue weighted by Crippen LogP contribution is 2.33. The van der Waals surface area contributed by atoms with Gasteiger partial charge in [0.2, 0.25) is 5.91 Å². The number of alkyl halides is 3. The number of amides is 1. The third-order valence-corrected chi connectivity index (χ3v) is 4.31. The van der Waals surface area contributed by atoms with E-state index in [1.165, 1.54) is 23.2 Å². The van der Waals surface area contributed by atoms with Crippen LogP contribution in [0.2, 0.25) is 0 Å². The third-order valence-electron chi connectivity index (χ3n) is 3.42. The summed E-state index contributed by atoms with van der Waals surface area (Å²) in [5.74, 6) is -0.0965. The number of thiazole rings is 1. The molecular formula is C14H20F3N3O2S. The second kappa shape index (κ2) is 7.59. The summed E-state index contributed by atoms with van der Waals surface area (Å²) >= 11 is 1.27. The normalized spacial score (nSPS) is 15.2. The number of aromatic nitrogens is 1. The van der Waals surface area contributed by atoms with Crippen LogP contribution in [0, 0.1) is 0 Å². The summed E-state index contributed by atoms with van der Waals surface area (Å²) < 4.78 is 37.8. The number of halogens is 3. The minimum absolute atomic E-state index is 0.0480. The van der Waals surface area contributed by atoms with Crippen molar-refractivity contribution in [1.29, 1.82) is 0 Å². The molecule has 5 nitrogen and oxygen atoms in total. The Bertz CT molecular complexity index is 532. The molecule has 1 aromatic rings. The Morgan fingerprint density at radius 1 is 1.48 bits per heavy atom. The van der Waals surface area contributed by atoms with Crippen molar-refractivity contribution in [3.8, 4) is 0 Å². The first kappa shape index (κ1) is 18.2. The highest BCUT2D eigenvalue weighted by atomic mass is 32.1. The predicted molar refractivity (Wildman–Crippen MR) is 81.3 cm³/mol. The molecular weight excluding hydrogens is 331 g/mol. The van der Waals surface area contributed by atoms with Crippen molar-refractivity contribution in [3.05, 3.63) is 11.1 Å². The molecule has 0 aromatic carbocycles. The topological polar surface area (TPSA) is 56.7 Å². The summed E-state index contributed by atoms with van der Waals surface area (Å²) in [6.07, 6.45) is -2.15. The van der Waals surface area contributed by atoms with Gasteiger partial charge in [-0.3, -0.25) is 14.6 Å². The molecule has 1 N–H and O–H groups in total. The van der Waals surface area contributed by atoms with Gasteiger partial charge in [-0.25, -0.2) is 4.98 Å². The van der Waals surface area contributed by atoms with Gasteiger partial charge in [-0.05, 0) is 19.3 Å². The summed E-state index contributed by atoms with van der Waals surface area (Å²) in [5.41, 5.74) is 0.513. The third kappa shape index (κ3) is 5.74. The monoisotopic (exact) mass is 351 g/mol. The zero-order chi connectivity index (χ0) is 17.0. The van der Waals surface area contributed by atoms with E-state index in [-0.39, 0.29) is 38.1 Å². The first-order valence-corrected chi connectivity index (χ1v) is 8.32. The van der Waals surface area contributed by atoms with Crippen molar-refractivity contribution < 1.29 is 23.1 Å². The van der Waals surface area contributed by atoms with Crippen LogP contribution in [0.25, 0.3) is 0 Å². The van der Waals surface area contributed by atoms with Gasteiger partial charge in [0.15, 0.2) is 5.13 Å². The quantitative estimate of drug-likeness (QED) is 0.781.